The number of hydrogen-bond acceptors (Lipinski definition) is 6. The quantitative estimate of drug-likeness (QED) is 0.450. The van der Waals surface area contributed by atoms with Gasteiger partial charge in [0.2, 0.25) is 0 Å². The third-order valence-corrected chi connectivity index (χ3v) is 7.78. The third-order valence-electron chi connectivity index (χ3n) is 5.59. The molecule has 1 aliphatic heterocycles. The molecular weight excluding hydrogens is 424 g/mol. The summed E-state index contributed by atoms with van der Waals surface area (Å²) in [6.07, 6.45) is 0.956. The minimum Gasteiger partial charge on any atom is -0.313 e. The Bertz CT molecular complexity index is 1280. The van der Waals surface area contributed by atoms with Gasteiger partial charge in [-0.15, -0.1) is 22.7 Å². The minimum atomic E-state index is -0.169. The molecule has 0 aliphatic carbocycles. The zero-order chi connectivity index (χ0) is 21.4. The molecule has 5 rings (SSSR count). The molecule has 4 aromatic rings. The summed E-state index contributed by atoms with van der Waals surface area (Å²) in [6, 6.07) is 17.0. The highest BCUT2D eigenvalue weighted by Gasteiger charge is 2.27. The van der Waals surface area contributed by atoms with Crippen molar-refractivity contribution in [1.29, 1.82) is 5.26 Å². The number of hydrogen-bond donors (Lipinski definition) is 1. The lowest BCUT2D eigenvalue weighted by Gasteiger charge is -2.25. The number of amides is 1. The molecule has 2 aromatic carbocycles. The Hall–Kier alpha value is -3.05. The van der Waals surface area contributed by atoms with Crippen LogP contribution in [-0.4, -0.2) is 28.9 Å². The van der Waals surface area contributed by atoms with Crippen LogP contribution in [0.15, 0.2) is 48.5 Å². The number of rotatable bonds is 4. The highest BCUT2D eigenvalue weighted by molar-refractivity contribution is 7.23. The Morgan fingerprint density at radius 3 is 2.74 bits per heavy atom. The van der Waals surface area contributed by atoms with E-state index < -0.39 is 0 Å². The fraction of sp³-hybridized carbons (Fsp3) is 0.208. The number of benzene rings is 2. The van der Waals surface area contributed by atoms with Crippen molar-refractivity contribution < 1.29 is 4.79 Å². The number of fused-ring (bicyclic) bond motifs is 2. The molecule has 0 bridgehead atoms. The molecule has 1 amide bonds. The molecule has 154 valence electrons. The van der Waals surface area contributed by atoms with Crippen molar-refractivity contribution in [3.05, 3.63) is 70.1 Å². The van der Waals surface area contributed by atoms with E-state index in [2.05, 4.69) is 29.3 Å². The van der Waals surface area contributed by atoms with Crippen LogP contribution in [0.1, 0.15) is 33.3 Å². The van der Waals surface area contributed by atoms with E-state index in [1.54, 1.807) is 46.9 Å². The maximum absolute atomic E-state index is 13.0. The van der Waals surface area contributed by atoms with Crippen LogP contribution in [0.4, 0.5) is 5.00 Å². The lowest BCUT2D eigenvalue weighted by Crippen LogP contribution is -2.29. The van der Waals surface area contributed by atoms with Crippen molar-refractivity contribution in [3.8, 4) is 16.6 Å². The fourth-order valence-electron chi connectivity index (χ4n) is 3.89. The fourth-order valence-corrected chi connectivity index (χ4v) is 6.29. The molecule has 0 fully saturated rings. The molecule has 7 heteroatoms. The highest BCUT2D eigenvalue weighted by Crippen LogP contribution is 2.45. The van der Waals surface area contributed by atoms with E-state index >= 15 is 0 Å². The van der Waals surface area contributed by atoms with Gasteiger partial charge in [-0.2, -0.15) is 5.26 Å². The topological polar surface area (TPSA) is 69.0 Å². The number of anilines is 1. The van der Waals surface area contributed by atoms with Gasteiger partial charge in [0.15, 0.2) is 0 Å². The van der Waals surface area contributed by atoms with E-state index in [4.69, 9.17) is 10.2 Å². The Morgan fingerprint density at radius 1 is 1.19 bits per heavy atom. The van der Waals surface area contributed by atoms with Gasteiger partial charge < -0.3 is 5.32 Å². The lowest BCUT2D eigenvalue weighted by molar-refractivity contribution is 0.102. The van der Waals surface area contributed by atoms with E-state index in [1.807, 2.05) is 18.2 Å². The van der Waals surface area contributed by atoms with Crippen LogP contribution >= 0.6 is 22.7 Å². The van der Waals surface area contributed by atoms with Gasteiger partial charge in [0, 0.05) is 29.1 Å². The molecule has 1 N–H and O–H groups in total. The predicted octanol–water partition coefficient (Wildman–Crippen LogP) is 5.53. The van der Waals surface area contributed by atoms with Crippen LogP contribution in [0.25, 0.3) is 20.8 Å². The van der Waals surface area contributed by atoms with Gasteiger partial charge in [0.25, 0.3) is 5.91 Å². The second kappa shape index (κ2) is 8.23. The lowest BCUT2D eigenvalue weighted by atomic mass is 10.0. The van der Waals surface area contributed by atoms with Gasteiger partial charge in [0.05, 0.1) is 21.8 Å². The summed E-state index contributed by atoms with van der Waals surface area (Å²) in [5.41, 5.74) is 4.44. The van der Waals surface area contributed by atoms with E-state index in [1.165, 1.54) is 10.4 Å². The standard InChI is InChI=1S/C24H20N4OS2/c1-2-28-12-11-17-20(14-28)31-24(27-22(29)16-9-7-15(13-25)8-10-16)21(17)23-26-18-5-3-4-6-19(18)30-23/h3-10H,2,11-12,14H2,1H3,(H,27,29). The predicted molar refractivity (Wildman–Crippen MR) is 127 cm³/mol. The smallest absolute Gasteiger partial charge is 0.256 e. The van der Waals surface area contributed by atoms with E-state index in [0.29, 0.717) is 11.1 Å². The molecule has 0 saturated heterocycles. The van der Waals surface area contributed by atoms with E-state index in [-0.39, 0.29) is 5.91 Å². The number of para-hydroxylation sites is 1. The maximum atomic E-state index is 13.0. The molecule has 5 nitrogen and oxygen atoms in total. The Labute approximate surface area is 188 Å². The second-order valence-corrected chi connectivity index (χ2v) is 9.59. The molecule has 0 unspecified atom stereocenters. The number of likely N-dealkylation sites (N-methyl/N-ethyl adjacent to an activating group) is 1. The van der Waals surface area contributed by atoms with Gasteiger partial charge in [0.1, 0.15) is 10.0 Å². The summed E-state index contributed by atoms with van der Waals surface area (Å²) >= 11 is 3.33. The van der Waals surface area contributed by atoms with Gasteiger partial charge in [-0.1, -0.05) is 19.1 Å². The molecule has 2 aromatic heterocycles. The van der Waals surface area contributed by atoms with Crippen molar-refractivity contribution in [1.82, 2.24) is 9.88 Å². The highest BCUT2D eigenvalue weighted by atomic mass is 32.1. The average Bonchev–Trinajstić information content (AvgIpc) is 3.38. The monoisotopic (exact) mass is 444 g/mol. The summed E-state index contributed by atoms with van der Waals surface area (Å²) in [6.45, 7) is 5.11. The van der Waals surface area contributed by atoms with E-state index in [0.717, 1.165) is 51.8 Å². The molecule has 0 spiro atoms. The molecule has 31 heavy (non-hydrogen) atoms. The van der Waals surface area contributed by atoms with Crippen molar-refractivity contribution in [3.63, 3.8) is 0 Å². The Morgan fingerprint density at radius 2 is 2.00 bits per heavy atom. The van der Waals surface area contributed by atoms with Crippen LogP contribution < -0.4 is 5.32 Å². The summed E-state index contributed by atoms with van der Waals surface area (Å²) in [5, 5.41) is 14.0. The van der Waals surface area contributed by atoms with Crippen LogP contribution in [0.3, 0.4) is 0 Å². The van der Waals surface area contributed by atoms with Crippen molar-refractivity contribution in [2.45, 2.75) is 19.9 Å². The van der Waals surface area contributed by atoms with E-state index in [9.17, 15) is 4.79 Å². The number of carbonyl (C=O) groups excluding carboxylic acids is 1. The Kier molecular flexibility index (Phi) is 5.28. The van der Waals surface area contributed by atoms with Gasteiger partial charge >= 0.3 is 0 Å². The van der Waals surface area contributed by atoms with Gasteiger partial charge in [-0.05, 0) is 54.9 Å². The number of nitrogens with zero attached hydrogens (tertiary/aromatic N) is 3. The summed E-state index contributed by atoms with van der Waals surface area (Å²) in [7, 11) is 0. The van der Waals surface area contributed by atoms with Crippen molar-refractivity contribution in [2.75, 3.05) is 18.4 Å². The number of carbonyl (C=O) groups is 1. The molecule has 0 atom stereocenters. The molecule has 1 aliphatic rings. The normalized spacial score (nSPS) is 13.7. The first-order valence-corrected chi connectivity index (χ1v) is 11.8. The largest absolute Gasteiger partial charge is 0.313 e. The molecule has 0 saturated carbocycles. The van der Waals surface area contributed by atoms with Crippen LogP contribution in [0, 0.1) is 11.3 Å². The van der Waals surface area contributed by atoms with Crippen LogP contribution in [0.2, 0.25) is 0 Å². The first-order valence-electron chi connectivity index (χ1n) is 10.2. The summed E-state index contributed by atoms with van der Waals surface area (Å²) in [5.74, 6) is -0.169. The zero-order valence-electron chi connectivity index (χ0n) is 17.0. The minimum absolute atomic E-state index is 0.169. The number of nitrogens with one attached hydrogen (secondary N) is 1. The Balaban J connectivity index is 1.56. The number of aromatic nitrogens is 1. The number of thiophene rings is 1. The first-order chi connectivity index (χ1) is 15.2. The van der Waals surface area contributed by atoms with Crippen LogP contribution in [0.5, 0.6) is 0 Å². The number of thiazole rings is 1. The molecular formula is C24H20N4OS2. The van der Waals surface area contributed by atoms with Crippen molar-refractivity contribution in [2.24, 2.45) is 0 Å². The summed E-state index contributed by atoms with van der Waals surface area (Å²) in [4.78, 5) is 21.6. The third kappa shape index (κ3) is 3.74. The molecule has 3 heterocycles. The average molecular weight is 445 g/mol. The van der Waals surface area contributed by atoms with Crippen molar-refractivity contribution >= 4 is 43.8 Å². The van der Waals surface area contributed by atoms with Gasteiger partial charge in [-0.25, -0.2) is 4.98 Å². The number of nitriles is 1. The first kappa shape index (κ1) is 19.9. The summed E-state index contributed by atoms with van der Waals surface area (Å²) < 4.78 is 1.15. The second-order valence-electron chi connectivity index (χ2n) is 7.46. The molecule has 0 radical (unpaired) electrons. The maximum Gasteiger partial charge on any atom is 0.256 e. The zero-order valence-corrected chi connectivity index (χ0v) is 18.6. The SMILES string of the molecule is CCN1CCc2c(sc(NC(=O)c3ccc(C#N)cc3)c2-c2nc3ccccc3s2)C1. The van der Waals surface area contributed by atoms with Gasteiger partial charge in [-0.3, -0.25) is 9.69 Å². The van der Waals surface area contributed by atoms with Crippen LogP contribution in [-0.2, 0) is 13.0 Å².